The highest BCUT2D eigenvalue weighted by Gasteiger charge is 1.99. The van der Waals surface area contributed by atoms with E-state index in [9.17, 15) is 9.59 Å². The minimum atomic E-state index is -0.576. The van der Waals surface area contributed by atoms with Crippen LogP contribution in [0.15, 0.2) is 22.0 Å². The van der Waals surface area contributed by atoms with Crippen LogP contribution in [0.4, 0.5) is 0 Å². The molecule has 0 radical (unpaired) electrons. The van der Waals surface area contributed by atoms with Crippen molar-refractivity contribution in [2.45, 2.75) is 0 Å². The maximum atomic E-state index is 11.0. The third-order valence-electron chi connectivity index (χ3n) is 1.37. The highest BCUT2D eigenvalue weighted by molar-refractivity contribution is 5.66. The predicted molar refractivity (Wildman–Crippen MR) is 40.8 cm³/mol. The van der Waals surface area contributed by atoms with E-state index in [1.165, 1.54) is 12.4 Å². The second-order valence-electron chi connectivity index (χ2n) is 2.16. The number of hydrogen-bond acceptors (Lipinski definition) is 4. The van der Waals surface area contributed by atoms with Gasteiger partial charge in [0.15, 0.2) is 11.2 Å². The number of nitrogens with zero attached hydrogens (tertiary/aromatic N) is 2. The molecule has 12 heavy (non-hydrogen) atoms. The first kappa shape index (κ1) is 6.71. The third-order valence-corrected chi connectivity index (χ3v) is 1.37. The number of aromatic nitrogens is 4. The molecule has 0 amide bonds. The van der Waals surface area contributed by atoms with Gasteiger partial charge in [0.05, 0.1) is 0 Å². The Kier molecular flexibility index (Phi) is 1.26. The lowest BCUT2D eigenvalue weighted by Crippen LogP contribution is -2.22. The van der Waals surface area contributed by atoms with Gasteiger partial charge in [0, 0.05) is 12.4 Å². The van der Waals surface area contributed by atoms with Crippen LogP contribution in [0, 0.1) is 0 Å². The van der Waals surface area contributed by atoms with Gasteiger partial charge in [-0.15, -0.1) is 0 Å². The fourth-order valence-electron chi connectivity index (χ4n) is 0.897. The fourth-order valence-corrected chi connectivity index (χ4v) is 0.897. The van der Waals surface area contributed by atoms with Crippen LogP contribution in [0.25, 0.3) is 11.2 Å². The Morgan fingerprint density at radius 3 is 2.67 bits per heavy atom. The molecule has 60 valence electrons. The molecule has 0 aliphatic heterocycles. The number of H-pyrrole nitrogens is 2. The summed E-state index contributed by atoms with van der Waals surface area (Å²) in [7, 11) is 0. The number of fused-ring (bicyclic) bond motifs is 1. The highest BCUT2D eigenvalue weighted by Crippen LogP contribution is 1.91. The average molecular weight is 164 g/mol. The number of aromatic amines is 2. The smallest absolute Gasteiger partial charge is 0.290 e. The normalized spacial score (nSPS) is 10.3. The number of nitrogens with one attached hydrogen (secondary N) is 2. The van der Waals surface area contributed by atoms with E-state index in [0.717, 1.165) is 0 Å². The van der Waals surface area contributed by atoms with E-state index in [4.69, 9.17) is 0 Å². The van der Waals surface area contributed by atoms with Crippen molar-refractivity contribution in [2.24, 2.45) is 0 Å². The molecule has 6 nitrogen and oxygen atoms in total. The summed E-state index contributed by atoms with van der Waals surface area (Å²) in [4.78, 5) is 33.6. The maximum Gasteiger partial charge on any atom is 0.327 e. The molecule has 0 unspecified atom stereocenters. The topological polar surface area (TPSA) is 91.5 Å². The van der Waals surface area contributed by atoms with Crippen molar-refractivity contribution in [1.82, 2.24) is 19.9 Å². The lowest BCUT2D eigenvalue weighted by molar-refractivity contribution is 1.04. The molecule has 2 rings (SSSR count). The molecule has 6 heteroatoms. The largest absolute Gasteiger partial charge is 0.327 e. The molecule has 0 saturated heterocycles. The molecule has 0 aliphatic rings. The minimum Gasteiger partial charge on any atom is -0.290 e. The van der Waals surface area contributed by atoms with E-state index in [-0.39, 0.29) is 11.2 Å². The molecular weight excluding hydrogens is 160 g/mol. The zero-order valence-electron chi connectivity index (χ0n) is 5.87. The fraction of sp³-hybridized carbons (Fsp3) is 0. The summed E-state index contributed by atoms with van der Waals surface area (Å²) in [6.45, 7) is 0. The van der Waals surface area contributed by atoms with Gasteiger partial charge in [0.2, 0.25) is 0 Å². The van der Waals surface area contributed by atoms with Crippen molar-refractivity contribution in [3.8, 4) is 0 Å². The van der Waals surface area contributed by atoms with Crippen LogP contribution in [0.5, 0.6) is 0 Å². The Bertz CT molecular complexity index is 527. The second-order valence-corrected chi connectivity index (χ2v) is 2.16. The Morgan fingerprint density at radius 2 is 1.83 bits per heavy atom. The molecule has 0 fully saturated rings. The van der Waals surface area contributed by atoms with E-state index >= 15 is 0 Å². The predicted octanol–water partition coefficient (Wildman–Crippen LogP) is -0.994. The molecule has 0 saturated carbocycles. The van der Waals surface area contributed by atoms with Crippen LogP contribution in [0.3, 0.4) is 0 Å². The Balaban J connectivity index is 3.09. The highest BCUT2D eigenvalue weighted by atomic mass is 16.2. The van der Waals surface area contributed by atoms with Gasteiger partial charge in [-0.3, -0.25) is 14.8 Å². The minimum absolute atomic E-state index is 0.136. The van der Waals surface area contributed by atoms with Crippen LogP contribution in [-0.2, 0) is 0 Å². The molecule has 2 N–H and O–H groups in total. The lowest BCUT2D eigenvalue weighted by Gasteiger charge is -1.90. The van der Waals surface area contributed by atoms with Gasteiger partial charge in [-0.05, 0) is 0 Å². The summed E-state index contributed by atoms with van der Waals surface area (Å²) >= 11 is 0. The lowest BCUT2D eigenvalue weighted by atomic mass is 10.5. The van der Waals surface area contributed by atoms with Crippen LogP contribution >= 0.6 is 0 Å². The number of rotatable bonds is 0. The van der Waals surface area contributed by atoms with Crippen molar-refractivity contribution < 1.29 is 0 Å². The first-order valence-corrected chi connectivity index (χ1v) is 3.21. The standard InChI is InChI=1S/C6H4N4O2/c11-5-3-4(8-2-1-7-3)9-6(12)10-5/h1-2H,(H2,8,9,10,11,12). The summed E-state index contributed by atoms with van der Waals surface area (Å²) in [5.74, 6) is 0. The molecule has 0 bridgehead atoms. The molecule has 2 aromatic heterocycles. The molecule has 0 aliphatic carbocycles. The van der Waals surface area contributed by atoms with Crippen LogP contribution in [0.2, 0.25) is 0 Å². The van der Waals surface area contributed by atoms with Gasteiger partial charge in [0.25, 0.3) is 5.56 Å². The zero-order valence-corrected chi connectivity index (χ0v) is 5.87. The van der Waals surface area contributed by atoms with Crippen LogP contribution < -0.4 is 11.2 Å². The van der Waals surface area contributed by atoms with Gasteiger partial charge in [-0.2, -0.15) is 0 Å². The average Bonchev–Trinajstić information content (AvgIpc) is 2.04. The van der Waals surface area contributed by atoms with Gasteiger partial charge in [0.1, 0.15) is 0 Å². The molecule has 2 heterocycles. The van der Waals surface area contributed by atoms with Gasteiger partial charge in [-0.25, -0.2) is 14.8 Å². The van der Waals surface area contributed by atoms with E-state index < -0.39 is 11.2 Å². The second kappa shape index (κ2) is 2.26. The summed E-state index contributed by atoms with van der Waals surface area (Å²) in [5.41, 5.74) is -0.766. The maximum absolute atomic E-state index is 11.0. The molecular formula is C6H4N4O2. The van der Waals surface area contributed by atoms with Crippen LogP contribution in [0.1, 0.15) is 0 Å². The van der Waals surface area contributed by atoms with Crippen molar-refractivity contribution in [3.63, 3.8) is 0 Å². The molecule has 0 spiro atoms. The van der Waals surface area contributed by atoms with E-state index in [1.807, 2.05) is 4.98 Å². The first-order valence-electron chi connectivity index (χ1n) is 3.21. The Hall–Kier alpha value is -1.98. The van der Waals surface area contributed by atoms with Crippen molar-refractivity contribution >= 4 is 11.2 Å². The molecule has 2 aromatic rings. The molecule has 0 aromatic carbocycles. The van der Waals surface area contributed by atoms with Crippen molar-refractivity contribution in [1.29, 1.82) is 0 Å². The number of hydrogen-bond donors (Lipinski definition) is 2. The van der Waals surface area contributed by atoms with Crippen molar-refractivity contribution in [2.75, 3.05) is 0 Å². The monoisotopic (exact) mass is 164 g/mol. The summed E-state index contributed by atoms with van der Waals surface area (Å²) in [6.07, 6.45) is 2.79. The Labute approximate surface area is 65.3 Å². The van der Waals surface area contributed by atoms with Gasteiger partial charge in [-0.1, -0.05) is 0 Å². The van der Waals surface area contributed by atoms with E-state index in [1.54, 1.807) is 0 Å². The third kappa shape index (κ3) is 0.895. The quantitative estimate of drug-likeness (QED) is 0.522. The Morgan fingerprint density at radius 1 is 1.08 bits per heavy atom. The molecule has 0 atom stereocenters. The zero-order chi connectivity index (χ0) is 8.55. The SMILES string of the molecule is O=c1[nH]c(=O)c2nccnc2[nH]1. The van der Waals surface area contributed by atoms with Crippen molar-refractivity contribution in [3.05, 3.63) is 33.2 Å². The van der Waals surface area contributed by atoms with Gasteiger partial charge < -0.3 is 0 Å². The summed E-state index contributed by atoms with van der Waals surface area (Å²) in [6, 6.07) is 0. The van der Waals surface area contributed by atoms with E-state index in [0.29, 0.717) is 0 Å². The van der Waals surface area contributed by atoms with Crippen LogP contribution in [-0.4, -0.2) is 19.9 Å². The van der Waals surface area contributed by atoms with Gasteiger partial charge >= 0.3 is 5.69 Å². The summed E-state index contributed by atoms with van der Waals surface area (Å²) in [5, 5.41) is 0. The first-order chi connectivity index (χ1) is 5.77. The van der Waals surface area contributed by atoms with E-state index in [2.05, 4.69) is 15.0 Å². The summed E-state index contributed by atoms with van der Waals surface area (Å²) < 4.78 is 0.